The highest BCUT2D eigenvalue weighted by Crippen LogP contribution is 2.67. The van der Waals surface area contributed by atoms with Gasteiger partial charge in [-0.05, 0) is 37.5 Å². The van der Waals surface area contributed by atoms with Crippen molar-refractivity contribution in [3.8, 4) is 12.3 Å². The average Bonchev–Trinajstić information content (AvgIpc) is 2.65. The van der Waals surface area contributed by atoms with Crippen LogP contribution < -0.4 is 5.73 Å². The van der Waals surface area contributed by atoms with Crippen molar-refractivity contribution in [2.24, 2.45) is 5.73 Å². The molecule has 3 aliphatic rings. The maximum Gasteiger partial charge on any atom is 0.100 e. The Kier molecular flexibility index (Phi) is 1.54. The molecule has 1 heterocycles. The van der Waals surface area contributed by atoms with E-state index in [1.165, 1.54) is 9.71 Å². The van der Waals surface area contributed by atoms with E-state index in [4.69, 9.17) is 17.1 Å². The van der Waals surface area contributed by atoms with Crippen LogP contribution in [0.4, 0.5) is 0 Å². The molecule has 0 unspecified atom stereocenters. The average molecular weight is 240 g/mol. The summed E-state index contributed by atoms with van der Waals surface area (Å²) >= 11 is 1.78. The van der Waals surface area contributed by atoms with Crippen molar-refractivity contribution in [2.75, 3.05) is 0 Å². The SMILES string of the molecule is C#Cc1ccc2nc(C34CC(N)(C3)C4)sc2c1. The van der Waals surface area contributed by atoms with Gasteiger partial charge < -0.3 is 5.73 Å². The van der Waals surface area contributed by atoms with Gasteiger partial charge in [0.2, 0.25) is 0 Å². The minimum atomic E-state index is 0.141. The number of hydrogen-bond acceptors (Lipinski definition) is 3. The molecule has 17 heavy (non-hydrogen) atoms. The molecule has 0 amide bonds. The molecule has 3 heteroatoms. The monoisotopic (exact) mass is 240 g/mol. The van der Waals surface area contributed by atoms with Crippen molar-refractivity contribution in [3.63, 3.8) is 0 Å². The molecule has 0 spiro atoms. The van der Waals surface area contributed by atoms with Crippen LogP contribution in [-0.2, 0) is 5.41 Å². The number of nitrogens with zero attached hydrogens (tertiary/aromatic N) is 1. The van der Waals surface area contributed by atoms with Crippen LogP contribution in [0.1, 0.15) is 29.8 Å². The number of thiazole rings is 1. The highest BCUT2D eigenvalue weighted by atomic mass is 32.1. The standard InChI is InChI=1S/C14H12N2S/c1-2-9-3-4-10-11(5-9)17-12(16-10)13-6-14(15,7-13)8-13/h1,3-5H,6-8,15H2. The summed E-state index contributed by atoms with van der Waals surface area (Å²) in [5, 5.41) is 1.26. The highest BCUT2D eigenvalue weighted by Gasteiger charge is 2.67. The molecule has 84 valence electrons. The first kappa shape index (κ1) is 9.64. The van der Waals surface area contributed by atoms with E-state index in [2.05, 4.69) is 12.0 Å². The van der Waals surface area contributed by atoms with Gasteiger partial charge in [0.05, 0.1) is 10.2 Å². The molecule has 0 aliphatic heterocycles. The van der Waals surface area contributed by atoms with Gasteiger partial charge in [-0.1, -0.05) is 5.92 Å². The molecule has 2 nitrogen and oxygen atoms in total. The predicted molar refractivity (Wildman–Crippen MR) is 70.0 cm³/mol. The van der Waals surface area contributed by atoms with Crippen molar-refractivity contribution in [1.29, 1.82) is 0 Å². The predicted octanol–water partition coefficient (Wildman–Crippen LogP) is 2.41. The summed E-state index contributed by atoms with van der Waals surface area (Å²) in [4.78, 5) is 4.75. The van der Waals surface area contributed by atoms with Crippen LogP contribution in [-0.4, -0.2) is 10.5 Å². The van der Waals surface area contributed by atoms with E-state index >= 15 is 0 Å². The maximum atomic E-state index is 6.10. The van der Waals surface area contributed by atoms with Crippen LogP contribution in [0.15, 0.2) is 18.2 Å². The summed E-state index contributed by atoms with van der Waals surface area (Å²) in [6.07, 6.45) is 8.75. The smallest absolute Gasteiger partial charge is 0.100 e. The Morgan fingerprint density at radius 1 is 1.35 bits per heavy atom. The molecule has 0 saturated heterocycles. The quantitative estimate of drug-likeness (QED) is 0.777. The molecule has 1 aromatic heterocycles. The molecule has 3 fully saturated rings. The number of hydrogen-bond donors (Lipinski definition) is 1. The van der Waals surface area contributed by atoms with E-state index in [0.29, 0.717) is 5.41 Å². The molecule has 1 aromatic carbocycles. The van der Waals surface area contributed by atoms with E-state index in [-0.39, 0.29) is 5.54 Å². The lowest BCUT2D eigenvalue weighted by Gasteiger charge is -2.68. The van der Waals surface area contributed by atoms with Crippen LogP contribution in [0, 0.1) is 12.3 Å². The first-order valence-electron chi connectivity index (χ1n) is 5.79. The fourth-order valence-corrected chi connectivity index (χ4v) is 4.52. The van der Waals surface area contributed by atoms with Crippen molar-refractivity contribution in [3.05, 3.63) is 28.8 Å². The Hall–Kier alpha value is -1.37. The van der Waals surface area contributed by atoms with Gasteiger partial charge in [0.25, 0.3) is 0 Å². The number of aromatic nitrogens is 1. The first-order valence-corrected chi connectivity index (χ1v) is 6.61. The van der Waals surface area contributed by atoms with Gasteiger partial charge in [-0.25, -0.2) is 4.98 Å². The summed E-state index contributed by atoms with van der Waals surface area (Å²) in [6, 6.07) is 6.03. The van der Waals surface area contributed by atoms with Crippen LogP contribution in [0.25, 0.3) is 10.2 Å². The Labute approximate surface area is 104 Å². The highest BCUT2D eigenvalue weighted by molar-refractivity contribution is 7.18. The Balaban J connectivity index is 1.81. The maximum absolute atomic E-state index is 6.10. The van der Waals surface area contributed by atoms with Gasteiger partial charge in [-0.3, -0.25) is 0 Å². The zero-order valence-corrected chi connectivity index (χ0v) is 10.2. The van der Waals surface area contributed by atoms with Crippen molar-refractivity contribution < 1.29 is 0 Å². The third-order valence-electron chi connectivity index (χ3n) is 4.08. The lowest BCUT2D eigenvalue weighted by molar-refractivity contribution is -0.0589. The van der Waals surface area contributed by atoms with Crippen LogP contribution in [0.5, 0.6) is 0 Å². The van der Waals surface area contributed by atoms with Gasteiger partial charge >= 0.3 is 0 Å². The number of terminal acetylenes is 1. The van der Waals surface area contributed by atoms with Gasteiger partial charge in [0, 0.05) is 16.5 Å². The minimum Gasteiger partial charge on any atom is -0.325 e. The second-order valence-corrected chi connectivity index (χ2v) is 6.55. The summed E-state index contributed by atoms with van der Waals surface area (Å²) in [7, 11) is 0. The zero-order chi connectivity index (χ0) is 11.7. The summed E-state index contributed by atoms with van der Waals surface area (Å²) in [5.41, 5.74) is 8.56. The fraction of sp³-hybridized carbons (Fsp3) is 0.357. The van der Waals surface area contributed by atoms with E-state index in [1.54, 1.807) is 11.3 Å². The van der Waals surface area contributed by atoms with E-state index < -0.39 is 0 Å². The van der Waals surface area contributed by atoms with Crippen LogP contribution in [0.3, 0.4) is 0 Å². The molecule has 2 bridgehead atoms. The Morgan fingerprint density at radius 3 is 2.76 bits per heavy atom. The topological polar surface area (TPSA) is 38.9 Å². The summed E-state index contributed by atoms with van der Waals surface area (Å²) in [6.45, 7) is 0. The second-order valence-electron chi connectivity index (χ2n) is 5.52. The second kappa shape index (κ2) is 2.72. The van der Waals surface area contributed by atoms with E-state index in [9.17, 15) is 0 Å². The third-order valence-corrected chi connectivity index (χ3v) is 5.34. The molecule has 3 aliphatic carbocycles. The lowest BCUT2D eigenvalue weighted by atomic mass is 9.40. The van der Waals surface area contributed by atoms with Gasteiger partial charge in [0.15, 0.2) is 0 Å². The Bertz CT molecular complexity index is 657. The van der Waals surface area contributed by atoms with Crippen molar-refractivity contribution in [1.82, 2.24) is 4.98 Å². The molecule has 5 rings (SSSR count). The molecule has 0 atom stereocenters. The molecular weight excluding hydrogens is 228 g/mol. The summed E-state index contributed by atoms with van der Waals surface area (Å²) < 4.78 is 1.20. The number of nitrogens with two attached hydrogens (primary N) is 1. The van der Waals surface area contributed by atoms with Crippen LogP contribution in [0.2, 0.25) is 0 Å². The number of rotatable bonds is 1. The van der Waals surface area contributed by atoms with Crippen LogP contribution >= 0.6 is 11.3 Å². The Morgan fingerprint density at radius 2 is 2.12 bits per heavy atom. The number of fused-ring (bicyclic) bond motifs is 1. The van der Waals surface area contributed by atoms with E-state index in [1.807, 2.05) is 12.1 Å². The van der Waals surface area contributed by atoms with Gasteiger partial charge in [0.1, 0.15) is 5.01 Å². The largest absolute Gasteiger partial charge is 0.325 e. The third kappa shape index (κ3) is 1.12. The molecule has 2 N–H and O–H groups in total. The molecular formula is C14H12N2S. The molecule has 3 saturated carbocycles. The zero-order valence-electron chi connectivity index (χ0n) is 9.36. The van der Waals surface area contributed by atoms with E-state index in [0.717, 1.165) is 30.3 Å². The first-order chi connectivity index (χ1) is 8.12. The molecule has 0 radical (unpaired) electrons. The van der Waals surface area contributed by atoms with Gasteiger partial charge in [-0.15, -0.1) is 17.8 Å². The van der Waals surface area contributed by atoms with Crippen molar-refractivity contribution >= 4 is 21.6 Å². The lowest BCUT2D eigenvalue weighted by Crippen LogP contribution is -2.74. The van der Waals surface area contributed by atoms with Crippen molar-refractivity contribution in [2.45, 2.75) is 30.2 Å². The fourth-order valence-electron chi connectivity index (χ4n) is 3.33. The van der Waals surface area contributed by atoms with Gasteiger partial charge in [-0.2, -0.15) is 0 Å². The minimum absolute atomic E-state index is 0.141. The summed E-state index contributed by atoms with van der Waals surface area (Å²) in [5.74, 6) is 2.67. The number of benzene rings is 1. The normalized spacial score (nSPS) is 33.9. The molecule has 2 aromatic rings.